The maximum absolute atomic E-state index is 16.0. The fraction of sp³-hybridized carbons (Fsp3) is 0.259. The average molecular weight is 545 g/mol. The number of pyridine rings is 1. The van der Waals surface area contributed by atoms with Gasteiger partial charge in [0.25, 0.3) is 10.0 Å². The van der Waals surface area contributed by atoms with Gasteiger partial charge in [-0.05, 0) is 59.9 Å². The first-order chi connectivity index (χ1) is 17.9. The molecule has 0 amide bonds. The van der Waals surface area contributed by atoms with E-state index in [1.54, 1.807) is 18.5 Å². The van der Waals surface area contributed by atoms with Crippen LogP contribution in [0.2, 0.25) is 0 Å². The number of hydrogen-bond donors (Lipinski definition) is 1. The molecule has 4 aromatic rings. The number of sulfonamides is 1. The third kappa shape index (κ3) is 5.58. The number of halogens is 3. The Hall–Kier alpha value is -3.70. The van der Waals surface area contributed by atoms with E-state index in [1.165, 1.54) is 25.3 Å². The van der Waals surface area contributed by atoms with Crippen LogP contribution in [0.3, 0.4) is 0 Å². The number of anilines is 1. The number of ether oxygens (including phenoxy) is 1. The molecule has 11 heteroatoms. The van der Waals surface area contributed by atoms with Gasteiger partial charge in [-0.1, -0.05) is 26.8 Å². The normalized spacial score (nSPS) is 12.1. The Balaban J connectivity index is 1.81. The van der Waals surface area contributed by atoms with Crippen LogP contribution in [0.5, 0.6) is 0 Å². The second-order valence-electron chi connectivity index (χ2n) is 9.92. The molecule has 2 aromatic heterocycles. The average Bonchev–Trinajstić information content (AvgIpc) is 3.33. The van der Waals surface area contributed by atoms with Gasteiger partial charge in [0.1, 0.15) is 23.3 Å². The zero-order valence-electron chi connectivity index (χ0n) is 21.3. The number of aromatic amines is 1. The van der Waals surface area contributed by atoms with E-state index in [1.807, 2.05) is 6.07 Å². The van der Waals surface area contributed by atoms with Crippen molar-refractivity contribution in [2.75, 3.05) is 18.1 Å². The van der Waals surface area contributed by atoms with Crippen LogP contribution < -0.4 is 4.31 Å². The molecule has 0 aliphatic carbocycles. The summed E-state index contributed by atoms with van der Waals surface area (Å²) in [6.07, 6.45) is 3.93. The maximum Gasteiger partial charge on any atom is 0.269 e. The summed E-state index contributed by atoms with van der Waals surface area (Å²) in [7, 11) is -3.54. The van der Waals surface area contributed by atoms with E-state index < -0.39 is 44.8 Å². The van der Waals surface area contributed by atoms with Crippen LogP contribution in [0.25, 0.3) is 22.4 Å². The molecule has 0 bridgehead atoms. The largest absolute Gasteiger partial charge is 0.363 e. The topological polar surface area (TPSA) is 88.2 Å². The fourth-order valence-electron chi connectivity index (χ4n) is 4.08. The number of hydrogen-bond acceptors (Lipinski definition) is 5. The minimum atomic E-state index is -4.74. The molecule has 38 heavy (non-hydrogen) atoms. The molecule has 200 valence electrons. The van der Waals surface area contributed by atoms with Crippen LogP contribution >= 0.6 is 0 Å². The summed E-state index contributed by atoms with van der Waals surface area (Å²) in [5, 5.41) is 6.88. The van der Waals surface area contributed by atoms with Crippen LogP contribution in [0.4, 0.5) is 18.9 Å². The lowest BCUT2D eigenvalue weighted by Crippen LogP contribution is -2.34. The molecule has 0 aliphatic rings. The van der Waals surface area contributed by atoms with Crippen molar-refractivity contribution in [3.05, 3.63) is 84.1 Å². The van der Waals surface area contributed by atoms with E-state index in [-0.39, 0.29) is 11.0 Å². The highest BCUT2D eigenvalue weighted by Gasteiger charge is 2.31. The van der Waals surface area contributed by atoms with Crippen LogP contribution in [-0.2, 0) is 21.2 Å². The van der Waals surface area contributed by atoms with Crippen molar-refractivity contribution in [1.29, 1.82) is 0 Å². The molecule has 2 heterocycles. The molecule has 0 fully saturated rings. The van der Waals surface area contributed by atoms with Gasteiger partial charge in [-0.3, -0.25) is 10.1 Å². The van der Waals surface area contributed by atoms with Gasteiger partial charge in [0.05, 0.1) is 17.6 Å². The quantitative estimate of drug-likeness (QED) is 0.277. The highest BCUT2D eigenvalue weighted by molar-refractivity contribution is 7.92. The molecule has 4 rings (SSSR count). The first kappa shape index (κ1) is 27.3. The molecule has 0 saturated carbocycles. The standard InChI is InChI=1S/C27H27F3N4O3S/c1-27(2,3)14-19-12-17(10-11-31-19)21-15-32-33-26(21)20-6-5-7-23(25(20)30)34(16-37-4)38(35,36)24-13-18(28)8-9-22(24)29/h5-13,15H,14,16H2,1-4H3,(H,32,33). The van der Waals surface area contributed by atoms with Crippen molar-refractivity contribution in [3.63, 3.8) is 0 Å². The van der Waals surface area contributed by atoms with E-state index in [2.05, 4.69) is 36.0 Å². The van der Waals surface area contributed by atoms with Crippen molar-refractivity contribution < 1.29 is 26.3 Å². The minimum absolute atomic E-state index is 0.00271. The summed E-state index contributed by atoms with van der Waals surface area (Å²) in [5.74, 6) is -3.05. The summed E-state index contributed by atoms with van der Waals surface area (Å²) in [4.78, 5) is 3.49. The smallest absolute Gasteiger partial charge is 0.269 e. The molecular weight excluding hydrogens is 517 g/mol. The van der Waals surface area contributed by atoms with E-state index in [0.717, 1.165) is 23.7 Å². The zero-order valence-corrected chi connectivity index (χ0v) is 22.1. The Labute approximate surface area is 219 Å². The second-order valence-corrected chi connectivity index (χ2v) is 11.7. The Morgan fingerprint density at radius 1 is 1.03 bits per heavy atom. The lowest BCUT2D eigenvalue weighted by Gasteiger charge is -2.25. The number of benzene rings is 2. The predicted octanol–water partition coefficient (Wildman–Crippen LogP) is 5.94. The number of nitrogens with one attached hydrogen (secondary N) is 1. The van der Waals surface area contributed by atoms with Crippen molar-refractivity contribution in [3.8, 4) is 22.4 Å². The van der Waals surface area contributed by atoms with Crippen LogP contribution in [-0.4, -0.2) is 37.4 Å². The molecule has 0 radical (unpaired) electrons. The van der Waals surface area contributed by atoms with Gasteiger partial charge in [-0.15, -0.1) is 0 Å². The van der Waals surface area contributed by atoms with Gasteiger partial charge < -0.3 is 4.74 Å². The van der Waals surface area contributed by atoms with Gasteiger partial charge in [0.2, 0.25) is 0 Å². The molecule has 0 atom stereocenters. The first-order valence-corrected chi connectivity index (χ1v) is 13.1. The molecule has 0 unspecified atom stereocenters. The van der Waals surface area contributed by atoms with Gasteiger partial charge in [0.15, 0.2) is 5.82 Å². The van der Waals surface area contributed by atoms with Crippen LogP contribution in [0.15, 0.2) is 65.8 Å². The van der Waals surface area contributed by atoms with Crippen molar-refractivity contribution >= 4 is 15.7 Å². The second kappa shape index (κ2) is 10.6. The van der Waals surface area contributed by atoms with Crippen LogP contribution in [0.1, 0.15) is 26.5 Å². The molecule has 7 nitrogen and oxygen atoms in total. The van der Waals surface area contributed by atoms with E-state index in [0.29, 0.717) is 27.7 Å². The van der Waals surface area contributed by atoms with Gasteiger partial charge in [0, 0.05) is 30.1 Å². The predicted molar refractivity (Wildman–Crippen MR) is 138 cm³/mol. The first-order valence-electron chi connectivity index (χ1n) is 11.7. The lowest BCUT2D eigenvalue weighted by atomic mass is 9.89. The van der Waals surface area contributed by atoms with Gasteiger partial charge >= 0.3 is 0 Å². The summed E-state index contributed by atoms with van der Waals surface area (Å²) >= 11 is 0. The monoisotopic (exact) mass is 544 g/mol. The van der Waals surface area contributed by atoms with Gasteiger partial charge in [-0.25, -0.2) is 25.9 Å². The Bertz CT molecular complexity index is 1570. The van der Waals surface area contributed by atoms with Crippen molar-refractivity contribution in [2.24, 2.45) is 5.41 Å². The van der Waals surface area contributed by atoms with E-state index in [9.17, 15) is 17.2 Å². The Morgan fingerprint density at radius 3 is 2.50 bits per heavy atom. The number of H-pyrrole nitrogens is 1. The zero-order chi connectivity index (χ0) is 27.7. The number of methoxy groups -OCH3 is 1. The summed E-state index contributed by atoms with van der Waals surface area (Å²) in [6, 6.07) is 9.84. The summed E-state index contributed by atoms with van der Waals surface area (Å²) < 4.78 is 76.5. The third-order valence-electron chi connectivity index (χ3n) is 5.70. The summed E-state index contributed by atoms with van der Waals surface area (Å²) in [5.41, 5.74) is 2.11. The molecule has 1 N–H and O–H groups in total. The fourth-order valence-corrected chi connectivity index (χ4v) is 5.54. The molecule has 0 aliphatic heterocycles. The van der Waals surface area contributed by atoms with E-state index in [4.69, 9.17) is 4.74 Å². The van der Waals surface area contributed by atoms with E-state index >= 15 is 4.39 Å². The minimum Gasteiger partial charge on any atom is -0.363 e. The lowest BCUT2D eigenvalue weighted by molar-refractivity contribution is 0.209. The number of aromatic nitrogens is 3. The molecular formula is C27H27F3N4O3S. The number of rotatable bonds is 8. The Kier molecular flexibility index (Phi) is 7.61. The van der Waals surface area contributed by atoms with Crippen molar-refractivity contribution in [2.45, 2.75) is 32.1 Å². The molecule has 0 spiro atoms. The maximum atomic E-state index is 16.0. The number of nitrogens with zero attached hydrogens (tertiary/aromatic N) is 3. The molecule has 0 saturated heterocycles. The Morgan fingerprint density at radius 2 is 1.79 bits per heavy atom. The molecule has 2 aromatic carbocycles. The van der Waals surface area contributed by atoms with Gasteiger partial charge in [-0.2, -0.15) is 5.10 Å². The highest BCUT2D eigenvalue weighted by Crippen LogP contribution is 2.37. The van der Waals surface area contributed by atoms with Crippen molar-refractivity contribution in [1.82, 2.24) is 15.2 Å². The summed E-state index contributed by atoms with van der Waals surface area (Å²) in [6.45, 7) is 5.65. The SMILES string of the molecule is COCN(c1cccc(-c2[nH]ncc2-c2ccnc(CC(C)(C)C)c2)c1F)S(=O)(=O)c1cc(F)ccc1F. The highest BCUT2D eigenvalue weighted by atomic mass is 32.2. The third-order valence-corrected chi connectivity index (χ3v) is 7.45. The van der Waals surface area contributed by atoms with Crippen LogP contribution in [0, 0.1) is 22.9 Å².